The molecule has 3 nitrogen and oxygen atoms in total. The summed E-state index contributed by atoms with van der Waals surface area (Å²) in [5.41, 5.74) is 1.60. The number of hydrogen-bond acceptors (Lipinski definition) is 2. The first kappa shape index (κ1) is 10.7. The van der Waals surface area contributed by atoms with Crippen molar-refractivity contribution in [3.63, 3.8) is 0 Å². The Morgan fingerprint density at radius 2 is 2.11 bits per heavy atom. The van der Waals surface area contributed by atoms with E-state index in [1.54, 1.807) is 12.3 Å². The molecule has 0 spiro atoms. The third kappa shape index (κ3) is 2.13. The summed E-state index contributed by atoms with van der Waals surface area (Å²) in [6.45, 7) is 0. The highest BCUT2D eigenvalue weighted by atomic mass is 19.1. The van der Waals surface area contributed by atoms with Crippen molar-refractivity contribution in [2.45, 2.75) is 0 Å². The van der Waals surface area contributed by atoms with Gasteiger partial charge in [-0.05, 0) is 29.8 Å². The second-order valence-electron chi connectivity index (χ2n) is 3.88. The number of hydrogen-bond donors (Lipinski definition) is 0. The molecule has 0 saturated carbocycles. The Kier molecular flexibility index (Phi) is 2.61. The lowest BCUT2D eigenvalue weighted by atomic mass is 10.2. The van der Waals surface area contributed by atoms with Crippen LogP contribution >= 0.6 is 0 Å². The predicted molar refractivity (Wildman–Crippen MR) is 68.3 cm³/mol. The van der Waals surface area contributed by atoms with Gasteiger partial charge in [0.15, 0.2) is 0 Å². The van der Waals surface area contributed by atoms with Crippen molar-refractivity contribution in [2.75, 3.05) is 0 Å². The first-order valence-corrected chi connectivity index (χ1v) is 5.55. The zero-order valence-electron chi connectivity index (χ0n) is 9.49. The van der Waals surface area contributed by atoms with E-state index in [4.69, 9.17) is 0 Å². The van der Waals surface area contributed by atoms with Crippen molar-refractivity contribution in [3.8, 4) is 0 Å². The van der Waals surface area contributed by atoms with Crippen LogP contribution in [0.4, 0.5) is 4.39 Å². The minimum atomic E-state index is -0.242. The highest BCUT2D eigenvalue weighted by Gasteiger charge is 1.98. The van der Waals surface area contributed by atoms with Crippen LogP contribution in [0.2, 0.25) is 0 Å². The number of rotatable bonds is 2. The van der Waals surface area contributed by atoms with Crippen LogP contribution < -0.4 is 0 Å². The summed E-state index contributed by atoms with van der Waals surface area (Å²) in [5, 5.41) is 0. The molecule has 0 aliphatic rings. The molecule has 4 heteroatoms. The molecule has 1 aromatic carbocycles. The fourth-order valence-corrected chi connectivity index (χ4v) is 1.72. The Labute approximate surface area is 103 Å². The summed E-state index contributed by atoms with van der Waals surface area (Å²) < 4.78 is 14.8. The fourth-order valence-electron chi connectivity index (χ4n) is 1.72. The van der Waals surface area contributed by atoms with Crippen LogP contribution in [0.3, 0.4) is 0 Å². The van der Waals surface area contributed by atoms with E-state index in [1.807, 2.05) is 41.1 Å². The van der Waals surface area contributed by atoms with Gasteiger partial charge in [-0.15, -0.1) is 0 Å². The average molecular weight is 239 g/mol. The number of nitrogens with zero attached hydrogens (tertiary/aromatic N) is 3. The minimum absolute atomic E-state index is 0.242. The Bertz CT molecular complexity index is 683. The average Bonchev–Trinajstić information content (AvgIpc) is 2.79. The van der Waals surface area contributed by atoms with Crippen molar-refractivity contribution >= 4 is 17.9 Å². The maximum atomic E-state index is 13.0. The Balaban J connectivity index is 1.92. The van der Waals surface area contributed by atoms with E-state index in [1.165, 1.54) is 12.1 Å². The maximum Gasteiger partial charge on any atom is 0.234 e. The molecule has 0 atom stereocenters. The van der Waals surface area contributed by atoms with Crippen LogP contribution in [0.5, 0.6) is 0 Å². The van der Waals surface area contributed by atoms with E-state index in [-0.39, 0.29) is 5.82 Å². The third-order valence-electron chi connectivity index (χ3n) is 2.55. The summed E-state index contributed by atoms with van der Waals surface area (Å²) in [4.78, 5) is 8.45. The molecule has 0 N–H and O–H groups in total. The molecule has 18 heavy (non-hydrogen) atoms. The van der Waals surface area contributed by atoms with Gasteiger partial charge in [-0.1, -0.05) is 18.2 Å². The molecule has 2 aromatic heterocycles. The van der Waals surface area contributed by atoms with Crippen LogP contribution in [-0.4, -0.2) is 14.4 Å². The molecule has 0 aliphatic carbocycles. The second kappa shape index (κ2) is 4.41. The molecule has 0 amide bonds. The minimum Gasteiger partial charge on any atom is -0.291 e. The van der Waals surface area contributed by atoms with Crippen LogP contribution in [0.25, 0.3) is 17.9 Å². The van der Waals surface area contributed by atoms with Gasteiger partial charge >= 0.3 is 0 Å². The van der Waals surface area contributed by atoms with Crippen molar-refractivity contribution in [1.82, 2.24) is 14.4 Å². The quantitative estimate of drug-likeness (QED) is 0.688. The molecule has 0 aliphatic heterocycles. The molecule has 0 unspecified atom stereocenters. The zero-order valence-corrected chi connectivity index (χ0v) is 9.49. The molecule has 0 saturated heterocycles. The molecular weight excluding hydrogens is 229 g/mol. The van der Waals surface area contributed by atoms with Gasteiger partial charge in [0.05, 0.1) is 5.69 Å². The number of aromatic nitrogens is 3. The van der Waals surface area contributed by atoms with E-state index in [9.17, 15) is 4.39 Å². The van der Waals surface area contributed by atoms with Crippen LogP contribution in [0, 0.1) is 5.82 Å². The zero-order chi connectivity index (χ0) is 12.4. The highest BCUT2D eigenvalue weighted by Crippen LogP contribution is 2.09. The smallest absolute Gasteiger partial charge is 0.234 e. The van der Waals surface area contributed by atoms with Gasteiger partial charge in [-0.25, -0.2) is 14.4 Å². The van der Waals surface area contributed by atoms with E-state index < -0.39 is 0 Å². The first-order valence-electron chi connectivity index (χ1n) is 5.55. The molecule has 2 heterocycles. The molecule has 88 valence electrons. The Morgan fingerprint density at radius 1 is 1.17 bits per heavy atom. The second-order valence-corrected chi connectivity index (χ2v) is 3.88. The highest BCUT2D eigenvalue weighted by molar-refractivity contribution is 5.68. The molecule has 3 rings (SSSR count). The number of benzene rings is 1. The molecule has 0 radical (unpaired) electrons. The van der Waals surface area contributed by atoms with Gasteiger partial charge < -0.3 is 0 Å². The summed E-state index contributed by atoms with van der Waals surface area (Å²) in [6.07, 6.45) is 9.11. The normalized spacial score (nSPS) is 11.4. The van der Waals surface area contributed by atoms with Crippen molar-refractivity contribution in [3.05, 3.63) is 66.0 Å². The number of imidazole rings is 1. The van der Waals surface area contributed by atoms with Gasteiger partial charge in [0.1, 0.15) is 5.82 Å². The van der Waals surface area contributed by atoms with Crippen molar-refractivity contribution in [2.24, 2.45) is 0 Å². The van der Waals surface area contributed by atoms with E-state index in [0.717, 1.165) is 11.3 Å². The van der Waals surface area contributed by atoms with Gasteiger partial charge in [0, 0.05) is 18.6 Å². The summed E-state index contributed by atoms with van der Waals surface area (Å²) in [6, 6.07) is 8.26. The first-order chi connectivity index (χ1) is 8.81. The third-order valence-corrected chi connectivity index (χ3v) is 2.55. The van der Waals surface area contributed by atoms with Crippen molar-refractivity contribution < 1.29 is 4.39 Å². The Hall–Kier alpha value is -2.49. The monoisotopic (exact) mass is 239 g/mol. The van der Waals surface area contributed by atoms with Gasteiger partial charge in [-0.3, -0.25) is 4.40 Å². The fraction of sp³-hybridized carbons (Fsp3) is 0. The van der Waals surface area contributed by atoms with Crippen molar-refractivity contribution in [1.29, 1.82) is 0 Å². The predicted octanol–water partition coefficient (Wildman–Crippen LogP) is 3.04. The van der Waals surface area contributed by atoms with Gasteiger partial charge in [0.25, 0.3) is 0 Å². The lowest BCUT2D eigenvalue weighted by Crippen LogP contribution is -1.82. The Morgan fingerprint density at radius 3 is 2.94 bits per heavy atom. The lowest BCUT2D eigenvalue weighted by Gasteiger charge is -1.91. The number of fused-ring (bicyclic) bond motifs is 1. The lowest BCUT2D eigenvalue weighted by molar-refractivity contribution is 0.627. The van der Waals surface area contributed by atoms with Crippen LogP contribution in [-0.2, 0) is 0 Å². The molecule has 0 fully saturated rings. The van der Waals surface area contributed by atoms with Gasteiger partial charge in [0.2, 0.25) is 5.78 Å². The molecule has 0 bridgehead atoms. The van der Waals surface area contributed by atoms with E-state index in [2.05, 4.69) is 9.97 Å². The standard InChI is InChI=1S/C14H10FN3/c15-12-4-1-3-11(9-12)5-6-13-10-18-8-2-7-16-14(18)17-13/h1-10H/b6-5+. The van der Waals surface area contributed by atoms with Crippen LogP contribution in [0.15, 0.2) is 48.9 Å². The SMILES string of the molecule is Fc1cccc(/C=C/c2cn3cccnc3n2)c1. The molecular formula is C14H10FN3. The van der Waals surface area contributed by atoms with Crippen LogP contribution in [0.1, 0.15) is 11.3 Å². The number of halogens is 1. The molecule has 3 aromatic rings. The maximum absolute atomic E-state index is 13.0. The largest absolute Gasteiger partial charge is 0.291 e. The summed E-state index contributed by atoms with van der Waals surface area (Å²) in [5.74, 6) is 0.408. The summed E-state index contributed by atoms with van der Waals surface area (Å²) >= 11 is 0. The topological polar surface area (TPSA) is 30.2 Å². The van der Waals surface area contributed by atoms with E-state index in [0.29, 0.717) is 5.78 Å². The van der Waals surface area contributed by atoms with E-state index >= 15 is 0 Å². The summed E-state index contributed by atoms with van der Waals surface area (Å²) in [7, 11) is 0. The van der Waals surface area contributed by atoms with Gasteiger partial charge in [-0.2, -0.15) is 0 Å².